The zero-order valence-corrected chi connectivity index (χ0v) is 16.9. The number of likely N-dealkylation sites (tertiary alicyclic amines) is 1. The number of hydrogen-bond acceptors (Lipinski definition) is 4. The fourth-order valence-electron chi connectivity index (χ4n) is 3.69. The van der Waals surface area contributed by atoms with E-state index in [2.05, 4.69) is 26.8 Å². The van der Waals surface area contributed by atoms with Crippen LogP contribution in [0.3, 0.4) is 0 Å². The number of carbonyl (C=O) groups is 1. The fourth-order valence-corrected chi connectivity index (χ4v) is 4.00. The zero-order valence-electron chi connectivity index (χ0n) is 15.4. The summed E-state index contributed by atoms with van der Waals surface area (Å²) < 4.78 is 14.5. The molecule has 0 atom stereocenters. The Hall–Kier alpha value is -2.64. The van der Waals surface area contributed by atoms with E-state index in [1.807, 2.05) is 6.20 Å². The molecular weight excluding hydrogens is 416 g/mol. The van der Waals surface area contributed by atoms with E-state index in [-0.39, 0.29) is 27.6 Å². The molecule has 1 fully saturated rings. The number of piperidine rings is 1. The molecule has 0 bridgehead atoms. The van der Waals surface area contributed by atoms with Gasteiger partial charge in [-0.1, -0.05) is 29.8 Å². The van der Waals surface area contributed by atoms with Crippen LogP contribution in [0.1, 0.15) is 24.3 Å². The Morgan fingerprint density at radius 3 is 2.79 bits per heavy atom. The molecule has 1 aliphatic rings. The smallest absolute Gasteiger partial charge is 0.245 e. The van der Waals surface area contributed by atoms with Gasteiger partial charge in [-0.3, -0.25) is 4.79 Å². The Balaban J connectivity index is 1.66. The molecule has 1 amide bonds. The maximum atomic E-state index is 14.5. The lowest BCUT2D eigenvalue weighted by molar-refractivity contribution is -0.127. The number of halogens is 3. The van der Waals surface area contributed by atoms with Gasteiger partial charge < -0.3 is 15.2 Å². The first-order valence-corrected chi connectivity index (χ1v) is 9.89. The van der Waals surface area contributed by atoms with Crippen LogP contribution < -0.4 is 5.32 Å². The summed E-state index contributed by atoms with van der Waals surface area (Å²) in [6.45, 7) is 4.85. The largest absolute Gasteiger partial charge is 0.346 e. The molecule has 3 heterocycles. The van der Waals surface area contributed by atoms with Gasteiger partial charge in [0.05, 0.1) is 21.1 Å². The van der Waals surface area contributed by atoms with Crippen molar-refractivity contribution in [2.24, 2.45) is 0 Å². The van der Waals surface area contributed by atoms with Crippen LogP contribution in [-0.2, 0) is 4.79 Å². The number of benzene rings is 1. The molecular formula is C20H18Cl2FN5O. The highest BCUT2D eigenvalue weighted by Gasteiger charge is 2.26. The van der Waals surface area contributed by atoms with Crippen molar-refractivity contribution in [3.63, 3.8) is 0 Å². The van der Waals surface area contributed by atoms with Gasteiger partial charge in [-0.25, -0.2) is 14.4 Å². The maximum absolute atomic E-state index is 14.5. The third kappa shape index (κ3) is 3.68. The van der Waals surface area contributed by atoms with E-state index >= 15 is 0 Å². The number of nitrogens with one attached hydrogen (secondary N) is 2. The highest BCUT2D eigenvalue weighted by atomic mass is 35.5. The molecule has 9 heteroatoms. The molecule has 0 radical (unpaired) electrons. The summed E-state index contributed by atoms with van der Waals surface area (Å²) in [6, 6.07) is 3.04. The van der Waals surface area contributed by atoms with E-state index in [9.17, 15) is 9.18 Å². The summed E-state index contributed by atoms with van der Waals surface area (Å²) in [7, 11) is 0. The molecule has 2 N–H and O–H groups in total. The maximum Gasteiger partial charge on any atom is 0.245 e. The van der Waals surface area contributed by atoms with Gasteiger partial charge in [0, 0.05) is 19.3 Å². The Morgan fingerprint density at radius 2 is 2.07 bits per heavy atom. The van der Waals surface area contributed by atoms with Crippen molar-refractivity contribution in [2.75, 3.05) is 18.4 Å². The van der Waals surface area contributed by atoms with Crippen LogP contribution in [-0.4, -0.2) is 38.8 Å². The highest BCUT2D eigenvalue weighted by Crippen LogP contribution is 2.37. The number of anilines is 2. The second-order valence-corrected chi connectivity index (χ2v) is 7.63. The average Bonchev–Trinajstić information content (AvgIpc) is 3.19. The van der Waals surface area contributed by atoms with Gasteiger partial charge in [0.15, 0.2) is 5.82 Å². The molecule has 150 valence electrons. The van der Waals surface area contributed by atoms with E-state index in [0.29, 0.717) is 24.6 Å². The standard InChI is InChI=1S/C20H18Cl2FN5O/c1-2-15(29)28-7-5-11(6-8-28)12-9-24-19-16(12)20(26-10-25-19)27-14-4-3-13(21)17(22)18(14)23/h2-4,9-11H,1,5-8H2,(H2,24,25,26,27). The van der Waals surface area contributed by atoms with Crippen molar-refractivity contribution in [3.05, 3.63) is 58.7 Å². The fraction of sp³-hybridized carbons (Fsp3) is 0.250. The minimum absolute atomic E-state index is 0.0526. The van der Waals surface area contributed by atoms with Crippen LogP contribution in [0.2, 0.25) is 10.0 Å². The first-order valence-electron chi connectivity index (χ1n) is 9.13. The predicted octanol–water partition coefficient (Wildman–Crippen LogP) is 5.04. The van der Waals surface area contributed by atoms with E-state index < -0.39 is 5.82 Å². The predicted molar refractivity (Wildman–Crippen MR) is 112 cm³/mol. The number of hydrogen-bond donors (Lipinski definition) is 2. The second kappa shape index (κ2) is 8.00. The molecule has 1 aromatic carbocycles. The summed E-state index contributed by atoms with van der Waals surface area (Å²) in [4.78, 5) is 25.4. The summed E-state index contributed by atoms with van der Waals surface area (Å²) in [5.74, 6) is 0.0124. The van der Waals surface area contributed by atoms with Crippen LogP contribution in [0, 0.1) is 5.82 Å². The quantitative estimate of drug-likeness (QED) is 0.446. The topological polar surface area (TPSA) is 73.9 Å². The first-order chi connectivity index (χ1) is 14.0. The number of rotatable bonds is 4. The van der Waals surface area contributed by atoms with Crippen LogP contribution >= 0.6 is 23.2 Å². The molecule has 0 aliphatic carbocycles. The second-order valence-electron chi connectivity index (χ2n) is 6.84. The monoisotopic (exact) mass is 433 g/mol. The van der Waals surface area contributed by atoms with E-state index in [1.54, 1.807) is 4.90 Å². The Kier molecular flexibility index (Phi) is 5.43. The van der Waals surface area contributed by atoms with Gasteiger partial charge >= 0.3 is 0 Å². The van der Waals surface area contributed by atoms with Gasteiger partial charge in [0.1, 0.15) is 17.8 Å². The Bertz CT molecular complexity index is 1090. The van der Waals surface area contributed by atoms with Crippen molar-refractivity contribution in [1.29, 1.82) is 0 Å². The lowest BCUT2D eigenvalue weighted by atomic mass is 9.89. The van der Waals surface area contributed by atoms with E-state index in [1.165, 1.54) is 24.5 Å². The molecule has 4 rings (SSSR count). The lowest BCUT2D eigenvalue weighted by Crippen LogP contribution is -2.36. The third-order valence-electron chi connectivity index (χ3n) is 5.21. The average molecular weight is 434 g/mol. The number of nitrogens with zero attached hydrogens (tertiary/aromatic N) is 3. The third-order valence-corrected chi connectivity index (χ3v) is 5.99. The van der Waals surface area contributed by atoms with Gasteiger partial charge in [-0.05, 0) is 42.5 Å². The van der Waals surface area contributed by atoms with Crippen molar-refractivity contribution < 1.29 is 9.18 Å². The lowest BCUT2D eigenvalue weighted by Gasteiger charge is -2.31. The van der Waals surface area contributed by atoms with Crippen LogP contribution in [0.4, 0.5) is 15.9 Å². The van der Waals surface area contributed by atoms with Gasteiger partial charge in [0.25, 0.3) is 0 Å². The number of aromatic amines is 1. The van der Waals surface area contributed by atoms with Gasteiger partial charge in [-0.15, -0.1) is 0 Å². The summed E-state index contributed by atoms with van der Waals surface area (Å²) in [5, 5.41) is 3.82. The molecule has 3 aromatic rings. The normalized spacial score (nSPS) is 14.9. The molecule has 0 unspecified atom stereocenters. The van der Waals surface area contributed by atoms with Crippen molar-refractivity contribution in [1.82, 2.24) is 19.9 Å². The van der Waals surface area contributed by atoms with Crippen LogP contribution in [0.25, 0.3) is 11.0 Å². The van der Waals surface area contributed by atoms with Crippen molar-refractivity contribution in [3.8, 4) is 0 Å². The van der Waals surface area contributed by atoms with Crippen LogP contribution in [0.5, 0.6) is 0 Å². The van der Waals surface area contributed by atoms with Gasteiger partial charge in [0.2, 0.25) is 5.91 Å². The van der Waals surface area contributed by atoms with Crippen molar-refractivity contribution in [2.45, 2.75) is 18.8 Å². The molecule has 0 spiro atoms. The Morgan fingerprint density at radius 1 is 1.31 bits per heavy atom. The molecule has 2 aromatic heterocycles. The number of amides is 1. The zero-order chi connectivity index (χ0) is 20.5. The number of H-pyrrole nitrogens is 1. The number of aromatic nitrogens is 3. The highest BCUT2D eigenvalue weighted by molar-refractivity contribution is 6.42. The molecule has 1 aliphatic heterocycles. The summed E-state index contributed by atoms with van der Waals surface area (Å²) >= 11 is 11.8. The van der Waals surface area contributed by atoms with E-state index in [0.717, 1.165) is 23.8 Å². The summed E-state index contributed by atoms with van der Waals surface area (Å²) in [5.41, 5.74) is 1.87. The molecule has 0 saturated carbocycles. The Labute approximate surface area is 176 Å². The molecule has 1 saturated heterocycles. The molecule has 29 heavy (non-hydrogen) atoms. The summed E-state index contributed by atoms with van der Waals surface area (Å²) in [6.07, 6.45) is 6.27. The van der Waals surface area contributed by atoms with Crippen LogP contribution in [0.15, 0.2) is 37.3 Å². The van der Waals surface area contributed by atoms with E-state index in [4.69, 9.17) is 23.2 Å². The minimum Gasteiger partial charge on any atom is -0.346 e. The molecule has 6 nitrogen and oxygen atoms in total. The first kappa shape index (κ1) is 19.7. The van der Waals surface area contributed by atoms with Crippen molar-refractivity contribution >= 4 is 51.6 Å². The number of fused-ring (bicyclic) bond motifs is 1. The van der Waals surface area contributed by atoms with Gasteiger partial charge in [-0.2, -0.15) is 0 Å². The SMILES string of the molecule is C=CC(=O)N1CCC(c2c[nH]c3ncnc(Nc4ccc(Cl)c(Cl)c4F)c23)CC1. The minimum atomic E-state index is -0.640. The number of carbonyl (C=O) groups excluding carboxylic acids is 1.